The molecule has 4 heteroatoms. The molecule has 1 amide bonds. The van der Waals surface area contributed by atoms with Crippen molar-refractivity contribution in [3.8, 4) is 0 Å². The van der Waals surface area contributed by atoms with Gasteiger partial charge in [-0.05, 0) is 30.9 Å². The molecule has 104 valence electrons. The van der Waals surface area contributed by atoms with E-state index in [0.717, 1.165) is 44.2 Å². The molecule has 2 N–H and O–H groups in total. The summed E-state index contributed by atoms with van der Waals surface area (Å²) in [5.41, 5.74) is 7.14. The van der Waals surface area contributed by atoms with Crippen LogP contribution >= 0.6 is 0 Å². The number of pyridine rings is 1. The lowest BCUT2D eigenvalue weighted by molar-refractivity contribution is -0.133. The van der Waals surface area contributed by atoms with Crippen molar-refractivity contribution in [2.24, 2.45) is 5.73 Å². The van der Waals surface area contributed by atoms with Gasteiger partial charge in [-0.15, -0.1) is 0 Å². The average molecular weight is 261 g/mol. The summed E-state index contributed by atoms with van der Waals surface area (Å²) in [5, 5.41) is 0. The highest BCUT2D eigenvalue weighted by molar-refractivity contribution is 5.82. The molecule has 0 saturated carbocycles. The molecule has 1 aliphatic heterocycles. The first-order valence-corrected chi connectivity index (χ1v) is 7.20. The topological polar surface area (TPSA) is 59.2 Å². The molecule has 0 bridgehead atoms. The SMILES string of the molecule is CCCC[C@H](N)C(=O)N1CCCC1c1cccnc1. The summed E-state index contributed by atoms with van der Waals surface area (Å²) in [6.45, 7) is 2.93. The van der Waals surface area contributed by atoms with Crippen LogP contribution in [0.15, 0.2) is 24.5 Å². The molecule has 0 spiro atoms. The summed E-state index contributed by atoms with van der Waals surface area (Å²) in [6.07, 6.45) is 8.55. The summed E-state index contributed by atoms with van der Waals surface area (Å²) in [5.74, 6) is 0.0970. The smallest absolute Gasteiger partial charge is 0.239 e. The van der Waals surface area contributed by atoms with Gasteiger partial charge in [-0.3, -0.25) is 9.78 Å². The number of unbranched alkanes of at least 4 members (excludes halogenated alkanes) is 1. The first-order chi connectivity index (χ1) is 9.24. The quantitative estimate of drug-likeness (QED) is 0.884. The first kappa shape index (κ1) is 14.0. The summed E-state index contributed by atoms with van der Waals surface area (Å²) in [6, 6.07) is 3.78. The fraction of sp³-hybridized carbons (Fsp3) is 0.600. The fourth-order valence-electron chi connectivity index (χ4n) is 2.71. The Morgan fingerprint density at radius 3 is 3.16 bits per heavy atom. The molecule has 1 fully saturated rings. The third kappa shape index (κ3) is 3.32. The van der Waals surface area contributed by atoms with Crippen LogP contribution in [0, 0.1) is 0 Å². The summed E-state index contributed by atoms with van der Waals surface area (Å²) in [7, 11) is 0. The number of carbonyl (C=O) groups is 1. The molecule has 2 atom stereocenters. The van der Waals surface area contributed by atoms with Gasteiger partial charge in [0.05, 0.1) is 12.1 Å². The zero-order valence-electron chi connectivity index (χ0n) is 11.6. The predicted molar refractivity (Wildman–Crippen MR) is 75.4 cm³/mol. The minimum atomic E-state index is -0.350. The summed E-state index contributed by atoms with van der Waals surface area (Å²) in [4.78, 5) is 18.5. The van der Waals surface area contributed by atoms with Crippen LogP contribution in [0.1, 0.15) is 50.6 Å². The molecular formula is C15H23N3O. The maximum absolute atomic E-state index is 12.4. The van der Waals surface area contributed by atoms with Gasteiger partial charge in [0.15, 0.2) is 0 Å². The largest absolute Gasteiger partial charge is 0.334 e. The van der Waals surface area contributed by atoms with Crippen LogP contribution in [-0.2, 0) is 4.79 Å². The van der Waals surface area contributed by atoms with Gasteiger partial charge in [-0.1, -0.05) is 25.8 Å². The molecule has 0 aromatic carbocycles. The van der Waals surface area contributed by atoms with Crippen LogP contribution in [0.3, 0.4) is 0 Å². The van der Waals surface area contributed by atoms with Crippen molar-refractivity contribution in [2.75, 3.05) is 6.54 Å². The van der Waals surface area contributed by atoms with Gasteiger partial charge in [-0.25, -0.2) is 0 Å². The Morgan fingerprint density at radius 2 is 2.47 bits per heavy atom. The zero-order valence-corrected chi connectivity index (χ0v) is 11.6. The average Bonchev–Trinajstić information content (AvgIpc) is 2.94. The normalized spacial score (nSPS) is 20.5. The number of hydrogen-bond donors (Lipinski definition) is 1. The number of carbonyl (C=O) groups excluding carboxylic acids is 1. The molecule has 2 rings (SSSR count). The van der Waals surface area contributed by atoms with Crippen LogP contribution in [0.4, 0.5) is 0 Å². The van der Waals surface area contributed by atoms with Crippen LogP contribution in [0.5, 0.6) is 0 Å². The third-order valence-corrected chi connectivity index (χ3v) is 3.79. The molecule has 0 aliphatic carbocycles. The number of likely N-dealkylation sites (tertiary alicyclic amines) is 1. The van der Waals surface area contributed by atoms with Gasteiger partial charge in [0.2, 0.25) is 5.91 Å². The number of nitrogens with zero attached hydrogens (tertiary/aromatic N) is 2. The maximum Gasteiger partial charge on any atom is 0.239 e. The van der Waals surface area contributed by atoms with Gasteiger partial charge < -0.3 is 10.6 Å². The highest BCUT2D eigenvalue weighted by atomic mass is 16.2. The number of amides is 1. The maximum atomic E-state index is 12.4. The third-order valence-electron chi connectivity index (χ3n) is 3.79. The molecule has 0 radical (unpaired) electrons. The minimum absolute atomic E-state index is 0.0970. The Kier molecular flexibility index (Phi) is 4.91. The van der Waals surface area contributed by atoms with Crippen LogP contribution in [0.25, 0.3) is 0 Å². The second kappa shape index (κ2) is 6.66. The van der Waals surface area contributed by atoms with Gasteiger partial charge in [-0.2, -0.15) is 0 Å². The van der Waals surface area contributed by atoms with Gasteiger partial charge in [0.1, 0.15) is 0 Å². The molecule has 1 aromatic heterocycles. The van der Waals surface area contributed by atoms with Crippen LogP contribution in [-0.4, -0.2) is 28.4 Å². The minimum Gasteiger partial charge on any atom is -0.334 e. The first-order valence-electron chi connectivity index (χ1n) is 7.20. The number of nitrogens with two attached hydrogens (primary N) is 1. The zero-order chi connectivity index (χ0) is 13.7. The predicted octanol–water partition coefficient (Wildman–Crippen LogP) is 2.26. The van der Waals surface area contributed by atoms with Crippen LogP contribution < -0.4 is 5.73 Å². The Hall–Kier alpha value is -1.42. The van der Waals surface area contributed by atoms with Gasteiger partial charge in [0, 0.05) is 18.9 Å². The molecule has 1 saturated heterocycles. The highest BCUT2D eigenvalue weighted by Crippen LogP contribution is 2.31. The Bertz CT molecular complexity index is 407. The van der Waals surface area contributed by atoms with E-state index in [-0.39, 0.29) is 18.0 Å². The standard InChI is InChI=1S/C15H23N3O/c1-2-3-7-13(16)15(19)18-10-5-8-14(18)12-6-4-9-17-11-12/h4,6,9,11,13-14H,2-3,5,7-8,10,16H2,1H3/t13-,14?/m0/s1. The van der Waals surface area contributed by atoms with Gasteiger partial charge >= 0.3 is 0 Å². The van der Waals surface area contributed by atoms with E-state index in [4.69, 9.17) is 5.73 Å². The second-order valence-electron chi connectivity index (χ2n) is 5.22. The lowest BCUT2D eigenvalue weighted by Crippen LogP contribution is -2.43. The van der Waals surface area contributed by atoms with Crippen molar-refractivity contribution in [1.82, 2.24) is 9.88 Å². The lowest BCUT2D eigenvalue weighted by Gasteiger charge is -2.27. The molecule has 2 heterocycles. The lowest BCUT2D eigenvalue weighted by atomic mass is 10.1. The van der Waals surface area contributed by atoms with Crippen molar-refractivity contribution in [2.45, 2.75) is 51.1 Å². The van der Waals surface area contributed by atoms with Crippen molar-refractivity contribution >= 4 is 5.91 Å². The van der Waals surface area contributed by atoms with E-state index >= 15 is 0 Å². The van der Waals surface area contributed by atoms with Crippen molar-refractivity contribution < 1.29 is 4.79 Å². The van der Waals surface area contributed by atoms with E-state index in [0.29, 0.717) is 0 Å². The molecular weight excluding hydrogens is 238 g/mol. The molecule has 1 aliphatic rings. The van der Waals surface area contributed by atoms with E-state index in [1.807, 2.05) is 23.2 Å². The summed E-state index contributed by atoms with van der Waals surface area (Å²) >= 11 is 0. The molecule has 19 heavy (non-hydrogen) atoms. The van der Waals surface area contributed by atoms with Gasteiger partial charge in [0.25, 0.3) is 0 Å². The number of aromatic nitrogens is 1. The van der Waals surface area contributed by atoms with Crippen molar-refractivity contribution in [3.63, 3.8) is 0 Å². The van der Waals surface area contributed by atoms with Crippen molar-refractivity contribution in [1.29, 1.82) is 0 Å². The van der Waals surface area contributed by atoms with E-state index < -0.39 is 0 Å². The molecule has 4 nitrogen and oxygen atoms in total. The Morgan fingerprint density at radius 1 is 1.63 bits per heavy atom. The second-order valence-corrected chi connectivity index (χ2v) is 5.22. The fourth-order valence-corrected chi connectivity index (χ4v) is 2.71. The summed E-state index contributed by atoms with van der Waals surface area (Å²) < 4.78 is 0. The van der Waals surface area contributed by atoms with E-state index in [1.54, 1.807) is 6.20 Å². The number of rotatable bonds is 5. The molecule has 1 unspecified atom stereocenters. The van der Waals surface area contributed by atoms with E-state index in [2.05, 4.69) is 11.9 Å². The Balaban J connectivity index is 2.04. The monoisotopic (exact) mass is 261 g/mol. The molecule has 1 aromatic rings. The number of hydrogen-bond acceptors (Lipinski definition) is 3. The van der Waals surface area contributed by atoms with E-state index in [9.17, 15) is 4.79 Å². The van der Waals surface area contributed by atoms with E-state index in [1.165, 1.54) is 0 Å². The highest BCUT2D eigenvalue weighted by Gasteiger charge is 2.32. The van der Waals surface area contributed by atoms with Crippen LogP contribution in [0.2, 0.25) is 0 Å². The Labute approximate surface area is 115 Å². The van der Waals surface area contributed by atoms with Crippen molar-refractivity contribution in [3.05, 3.63) is 30.1 Å².